The number of methoxy groups -OCH3 is 1. The highest BCUT2D eigenvalue weighted by molar-refractivity contribution is 7.80. The molecule has 1 aliphatic rings. The zero-order valence-corrected chi connectivity index (χ0v) is 12.8. The highest BCUT2D eigenvalue weighted by Gasteiger charge is 2.30. The summed E-state index contributed by atoms with van der Waals surface area (Å²) in [7, 11) is 1.61. The van der Waals surface area contributed by atoms with Gasteiger partial charge >= 0.3 is 0 Å². The third-order valence-electron chi connectivity index (χ3n) is 4.10. The van der Waals surface area contributed by atoms with Crippen LogP contribution in [0.25, 0.3) is 0 Å². The Morgan fingerprint density at radius 2 is 2.30 bits per heavy atom. The molecule has 110 valence electrons. The highest BCUT2D eigenvalue weighted by Crippen LogP contribution is 2.27. The van der Waals surface area contributed by atoms with Gasteiger partial charge in [-0.1, -0.05) is 25.2 Å². The molecule has 0 bridgehead atoms. The Labute approximate surface area is 125 Å². The van der Waals surface area contributed by atoms with Crippen LogP contribution in [0.4, 0.5) is 0 Å². The van der Waals surface area contributed by atoms with E-state index in [1.54, 1.807) is 7.11 Å². The maximum absolute atomic E-state index is 9.51. The average Bonchev–Trinajstić information content (AvgIpc) is 2.78. The molecule has 2 atom stereocenters. The first-order valence-electron chi connectivity index (χ1n) is 6.88. The van der Waals surface area contributed by atoms with Gasteiger partial charge in [0.05, 0.1) is 19.3 Å². The maximum atomic E-state index is 9.51. The smallest absolute Gasteiger partial charge is 0.129 e. The van der Waals surface area contributed by atoms with Crippen LogP contribution < -0.4 is 10.5 Å². The summed E-state index contributed by atoms with van der Waals surface area (Å²) in [5.74, 6) is 1.24. The van der Waals surface area contributed by atoms with Crippen LogP contribution in [-0.2, 0) is 6.54 Å². The lowest BCUT2D eigenvalue weighted by atomic mass is 10.0. The second-order valence-corrected chi connectivity index (χ2v) is 5.83. The summed E-state index contributed by atoms with van der Waals surface area (Å²) in [4.78, 5) is 2.66. The molecule has 0 radical (unpaired) electrons. The first-order valence-corrected chi connectivity index (χ1v) is 7.29. The number of hydrogen-bond acceptors (Lipinski definition) is 4. The Bertz CT molecular complexity index is 493. The Morgan fingerprint density at radius 1 is 1.55 bits per heavy atom. The second-order valence-electron chi connectivity index (χ2n) is 5.39. The number of nitrogens with two attached hydrogens (primary N) is 1. The lowest BCUT2D eigenvalue weighted by Gasteiger charge is -2.25. The van der Waals surface area contributed by atoms with Crippen LogP contribution in [0.5, 0.6) is 5.75 Å². The molecule has 1 heterocycles. The van der Waals surface area contributed by atoms with E-state index in [1.165, 1.54) is 0 Å². The molecule has 5 heteroatoms. The second kappa shape index (κ2) is 6.52. The molecule has 2 rings (SSSR count). The minimum Gasteiger partial charge on any atom is -0.496 e. The number of benzene rings is 1. The predicted octanol–water partition coefficient (Wildman–Crippen LogP) is 1.53. The molecule has 0 aromatic heterocycles. The normalized spacial score (nSPS) is 22.9. The van der Waals surface area contributed by atoms with Gasteiger partial charge in [0.25, 0.3) is 0 Å². The fourth-order valence-electron chi connectivity index (χ4n) is 2.86. The van der Waals surface area contributed by atoms with Gasteiger partial charge in [0, 0.05) is 12.6 Å². The van der Waals surface area contributed by atoms with Crippen molar-refractivity contribution in [1.82, 2.24) is 4.90 Å². The van der Waals surface area contributed by atoms with E-state index in [-0.39, 0.29) is 12.6 Å². The molecule has 2 unspecified atom stereocenters. The van der Waals surface area contributed by atoms with Crippen LogP contribution in [0.1, 0.15) is 24.5 Å². The third kappa shape index (κ3) is 3.11. The van der Waals surface area contributed by atoms with Gasteiger partial charge in [-0.3, -0.25) is 4.90 Å². The third-order valence-corrected chi connectivity index (χ3v) is 4.32. The zero-order chi connectivity index (χ0) is 14.7. The van der Waals surface area contributed by atoms with Gasteiger partial charge in [-0.2, -0.15) is 0 Å². The average molecular weight is 294 g/mol. The van der Waals surface area contributed by atoms with Crippen molar-refractivity contribution in [3.8, 4) is 5.75 Å². The Morgan fingerprint density at radius 3 is 2.90 bits per heavy atom. The molecule has 4 nitrogen and oxygen atoms in total. The number of hydrogen-bond donors (Lipinski definition) is 2. The van der Waals surface area contributed by atoms with E-state index < -0.39 is 0 Å². The molecular weight excluding hydrogens is 272 g/mol. The summed E-state index contributed by atoms with van der Waals surface area (Å²) in [5, 5.41) is 9.51. The molecule has 0 amide bonds. The summed E-state index contributed by atoms with van der Waals surface area (Å²) in [5.41, 5.74) is 7.65. The molecule has 1 aromatic carbocycles. The minimum absolute atomic E-state index is 0.208. The van der Waals surface area contributed by atoms with E-state index in [0.29, 0.717) is 16.7 Å². The first kappa shape index (κ1) is 15.2. The fraction of sp³-hybridized carbons (Fsp3) is 0.533. The fourth-order valence-corrected chi connectivity index (χ4v) is 3.02. The molecule has 0 saturated carbocycles. The zero-order valence-electron chi connectivity index (χ0n) is 12.0. The molecule has 20 heavy (non-hydrogen) atoms. The van der Waals surface area contributed by atoms with E-state index >= 15 is 0 Å². The summed E-state index contributed by atoms with van der Waals surface area (Å²) >= 11 is 5.07. The lowest BCUT2D eigenvalue weighted by Crippen LogP contribution is -2.34. The van der Waals surface area contributed by atoms with E-state index in [9.17, 15) is 5.11 Å². The van der Waals surface area contributed by atoms with Gasteiger partial charge in [0.1, 0.15) is 10.7 Å². The highest BCUT2D eigenvalue weighted by atomic mass is 32.1. The van der Waals surface area contributed by atoms with Crippen molar-refractivity contribution in [2.24, 2.45) is 11.7 Å². The standard InChI is InChI=1S/C15H22N2O2S/c1-10-5-6-17(13(10)9-18)8-11-3-4-14(19-2)12(7-11)15(16)20/h3-4,7,10,13,18H,5-6,8-9H2,1-2H3,(H2,16,20). The predicted molar refractivity (Wildman–Crippen MR) is 83.9 cm³/mol. The Hall–Kier alpha value is -1.17. The van der Waals surface area contributed by atoms with Gasteiger partial charge in [0.15, 0.2) is 0 Å². The van der Waals surface area contributed by atoms with Gasteiger partial charge in [-0.25, -0.2) is 0 Å². The summed E-state index contributed by atoms with van der Waals surface area (Å²) in [6, 6.07) is 6.15. The number of aliphatic hydroxyl groups excluding tert-OH is 1. The molecule has 3 N–H and O–H groups in total. The molecular formula is C15H22N2O2S. The van der Waals surface area contributed by atoms with Crippen LogP contribution in [0.3, 0.4) is 0 Å². The SMILES string of the molecule is COc1ccc(CN2CCC(C)C2CO)cc1C(N)=S. The van der Waals surface area contributed by atoms with Crippen molar-refractivity contribution >= 4 is 17.2 Å². The molecule has 1 saturated heterocycles. The molecule has 1 aromatic rings. The van der Waals surface area contributed by atoms with E-state index in [4.69, 9.17) is 22.7 Å². The van der Waals surface area contributed by atoms with Crippen molar-refractivity contribution in [3.63, 3.8) is 0 Å². The summed E-state index contributed by atoms with van der Waals surface area (Å²) in [6.07, 6.45) is 1.13. The number of thiocarbonyl (C=S) groups is 1. The van der Waals surface area contributed by atoms with Gasteiger partial charge in [-0.15, -0.1) is 0 Å². The van der Waals surface area contributed by atoms with Crippen molar-refractivity contribution in [2.45, 2.75) is 25.9 Å². The minimum atomic E-state index is 0.208. The van der Waals surface area contributed by atoms with Gasteiger partial charge < -0.3 is 15.6 Å². The Balaban J connectivity index is 2.18. The van der Waals surface area contributed by atoms with Crippen LogP contribution in [0.15, 0.2) is 18.2 Å². The van der Waals surface area contributed by atoms with Crippen LogP contribution >= 0.6 is 12.2 Å². The van der Waals surface area contributed by atoms with Crippen molar-refractivity contribution < 1.29 is 9.84 Å². The van der Waals surface area contributed by atoms with Crippen LogP contribution in [0, 0.1) is 5.92 Å². The molecule has 0 aliphatic carbocycles. The molecule has 1 aliphatic heterocycles. The number of aliphatic hydroxyl groups is 1. The number of rotatable bonds is 5. The van der Waals surface area contributed by atoms with E-state index in [2.05, 4.69) is 11.8 Å². The van der Waals surface area contributed by atoms with Crippen LogP contribution in [0.2, 0.25) is 0 Å². The number of likely N-dealkylation sites (tertiary alicyclic amines) is 1. The summed E-state index contributed by atoms with van der Waals surface area (Å²) in [6.45, 7) is 4.21. The van der Waals surface area contributed by atoms with Crippen molar-refractivity contribution in [2.75, 3.05) is 20.3 Å². The van der Waals surface area contributed by atoms with Gasteiger partial charge in [-0.05, 0) is 36.6 Å². The largest absolute Gasteiger partial charge is 0.496 e. The lowest BCUT2D eigenvalue weighted by molar-refractivity contribution is 0.134. The van der Waals surface area contributed by atoms with E-state index in [1.807, 2.05) is 18.2 Å². The van der Waals surface area contributed by atoms with E-state index in [0.717, 1.165) is 30.6 Å². The van der Waals surface area contributed by atoms with Crippen LogP contribution in [-0.4, -0.2) is 41.3 Å². The number of ether oxygens (including phenoxy) is 1. The van der Waals surface area contributed by atoms with Crippen molar-refractivity contribution in [1.29, 1.82) is 0 Å². The Kier molecular flexibility index (Phi) is 4.96. The topological polar surface area (TPSA) is 58.7 Å². The van der Waals surface area contributed by atoms with Gasteiger partial charge in [0.2, 0.25) is 0 Å². The monoisotopic (exact) mass is 294 g/mol. The maximum Gasteiger partial charge on any atom is 0.129 e. The molecule has 0 spiro atoms. The first-order chi connectivity index (χ1) is 9.56. The summed E-state index contributed by atoms with van der Waals surface area (Å²) < 4.78 is 5.27. The number of nitrogens with zero attached hydrogens (tertiary/aromatic N) is 1. The van der Waals surface area contributed by atoms with Crippen molar-refractivity contribution in [3.05, 3.63) is 29.3 Å². The quantitative estimate of drug-likeness (QED) is 0.807. The molecule has 1 fully saturated rings.